The highest BCUT2D eigenvalue weighted by molar-refractivity contribution is 5.91. The summed E-state index contributed by atoms with van der Waals surface area (Å²) in [5.74, 6) is -0.812. The van der Waals surface area contributed by atoms with Gasteiger partial charge in [-0.1, -0.05) is 42.5 Å². The van der Waals surface area contributed by atoms with Gasteiger partial charge in [0.05, 0.1) is 6.04 Å². The van der Waals surface area contributed by atoms with E-state index in [0.717, 1.165) is 28.2 Å². The summed E-state index contributed by atoms with van der Waals surface area (Å²) in [4.78, 5) is 40.5. The van der Waals surface area contributed by atoms with Crippen LogP contribution in [-0.4, -0.2) is 63.4 Å². The molecule has 0 aliphatic carbocycles. The molecule has 0 radical (unpaired) electrons. The quantitative estimate of drug-likeness (QED) is 0.389. The second kappa shape index (κ2) is 10.4. The van der Waals surface area contributed by atoms with Gasteiger partial charge in [0.1, 0.15) is 24.7 Å². The number of hydrazine groups is 1. The molecule has 2 heterocycles. The maximum atomic E-state index is 12.9. The number of aliphatic carboxylic acids is 1. The summed E-state index contributed by atoms with van der Waals surface area (Å²) in [7, 11) is 0. The number of fused-ring (bicyclic) bond motifs is 1. The molecule has 9 heteroatoms. The molecule has 1 amide bonds. The number of rotatable bonds is 10. The SMILES string of the molecule is Nc1nccc2cc(CNC(=O)[C@@H]3CCN3N(CC(=O)O)[C@@H](C=O)Cc3ccccc3)ccc12. The van der Waals surface area contributed by atoms with E-state index in [1.807, 2.05) is 54.6 Å². The Morgan fingerprint density at radius 2 is 2.00 bits per heavy atom. The third-order valence-corrected chi connectivity index (χ3v) is 6.08. The number of nitrogens with one attached hydrogen (secondary N) is 1. The number of anilines is 1. The highest BCUT2D eigenvalue weighted by Gasteiger charge is 2.41. The minimum absolute atomic E-state index is 0.208. The van der Waals surface area contributed by atoms with Crippen LogP contribution in [0.25, 0.3) is 10.8 Å². The minimum atomic E-state index is -1.06. The number of nitrogens with two attached hydrogens (primary N) is 1. The monoisotopic (exact) mass is 461 g/mol. The van der Waals surface area contributed by atoms with E-state index in [9.17, 15) is 19.5 Å². The molecule has 1 aliphatic heterocycles. The molecular formula is C25H27N5O4. The Morgan fingerprint density at radius 1 is 1.21 bits per heavy atom. The van der Waals surface area contributed by atoms with Gasteiger partial charge in [-0.25, -0.2) is 15.0 Å². The zero-order valence-electron chi connectivity index (χ0n) is 18.6. The van der Waals surface area contributed by atoms with Crippen LogP contribution in [0.1, 0.15) is 17.5 Å². The fourth-order valence-corrected chi connectivity index (χ4v) is 4.23. The molecule has 0 unspecified atom stereocenters. The normalized spacial score (nSPS) is 16.7. The Balaban J connectivity index is 1.43. The number of carboxylic acids is 1. The van der Waals surface area contributed by atoms with Crippen molar-refractivity contribution in [3.63, 3.8) is 0 Å². The zero-order valence-corrected chi connectivity index (χ0v) is 18.6. The average Bonchev–Trinajstić information content (AvgIpc) is 2.80. The van der Waals surface area contributed by atoms with Gasteiger partial charge in [-0.15, -0.1) is 0 Å². The van der Waals surface area contributed by atoms with Crippen LogP contribution in [0.2, 0.25) is 0 Å². The molecule has 4 N–H and O–H groups in total. The van der Waals surface area contributed by atoms with Gasteiger partial charge in [-0.3, -0.25) is 9.59 Å². The van der Waals surface area contributed by atoms with Gasteiger partial charge in [0.25, 0.3) is 0 Å². The highest BCUT2D eigenvalue weighted by atomic mass is 16.4. The summed E-state index contributed by atoms with van der Waals surface area (Å²) in [5.41, 5.74) is 7.73. The van der Waals surface area contributed by atoms with Crippen LogP contribution in [0.3, 0.4) is 0 Å². The number of amides is 1. The number of nitrogen functional groups attached to an aromatic ring is 1. The van der Waals surface area contributed by atoms with Crippen LogP contribution in [-0.2, 0) is 27.3 Å². The van der Waals surface area contributed by atoms with Crippen LogP contribution in [0.5, 0.6) is 0 Å². The first-order valence-electron chi connectivity index (χ1n) is 11.1. The molecule has 2 atom stereocenters. The molecule has 1 fully saturated rings. The van der Waals surface area contributed by atoms with Crippen molar-refractivity contribution in [1.29, 1.82) is 0 Å². The van der Waals surface area contributed by atoms with Gasteiger partial charge in [0.2, 0.25) is 5.91 Å². The largest absolute Gasteiger partial charge is 0.480 e. The number of carboxylic acid groups (broad SMARTS) is 1. The van der Waals surface area contributed by atoms with Crippen LogP contribution >= 0.6 is 0 Å². The second-order valence-corrected chi connectivity index (χ2v) is 8.32. The maximum Gasteiger partial charge on any atom is 0.319 e. The van der Waals surface area contributed by atoms with Gasteiger partial charge >= 0.3 is 5.97 Å². The van der Waals surface area contributed by atoms with Crippen molar-refractivity contribution in [2.45, 2.75) is 31.5 Å². The van der Waals surface area contributed by atoms with E-state index in [-0.39, 0.29) is 12.5 Å². The summed E-state index contributed by atoms with van der Waals surface area (Å²) in [6.45, 7) is 0.467. The molecular weight excluding hydrogens is 434 g/mol. The summed E-state index contributed by atoms with van der Waals surface area (Å²) in [5, 5.41) is 17.4. The second-order valence-electron chi connectivity index (χ2n) is 8.32. The Bertz CT molecular complexity index is 1190. The molecule has 1 aromatic heterocycles. The van der Waals surface area contributed by atoms with E-state index in [0.29, 0.717) is 31.7 Å². The molecule has 0 saturated carbocycles. The summed E-state index contributed by atoms with van der Waals surface area (Å²) >= 11 is 0. The van der Waals surface area contributed by atoms with E-state index < -0.39 is 18.1 Å². The van der Waals surface area contributed by atoms with Gasteiger partial charge < -0.3 is 21.0 Å². The lowest BCUT2D eigenvalue weighted by atomic mass is 10.0. The van der Waals surface area contributed by atoms with E-state index >= 15 is 0 Å². The molecule has 2 aromatic carbocycles. The lowest BCUT2D eigenvalue weighted by Gasteiger charge is -2.48. The van der Waals surface area contributed by atoms with Crippen LogP contribution in [0.4, 0.5) is 5.82 Å². The number of aldehydes is 1. The topological polar surface area (TPSA) is 129 Å². The highest BCUT2D eigenvalue weighted by Crippen LogP contribution is 2.24. The standard InChI is InChI=1S/C25H27N5O4/c26-24-21-7-6-18(12-19(21)8-10-27-24)14-28-25(34)22-9-11-29(22)30(15-23(32)33)20(16-31)13-17-4-2-1-3-5-17/h1-8,10,12,16,20,22H,9,11,13-15H2,(H2,26,27)(H,28,34)(H,32,33)/t20-,22+/m1/s1. The van der Waals surface area contributed by atoms with Crippen molar-refractivity contribution < 1.29 is 19.5 Å². The first-order chi connectivity index (χ1) is 16.5. The smallest absolute Gasteiger partial charge is 0.319 e. The molecule has 34 heavy (non-hydrogen) atoms. The number of carbonyl (C=O) groups excluding carboxylic acids is 2. The number of hydrogen-bond donors (Lipinski definition) is 3. The molecule has 9 nitrogen and oxygen atoms in total. The van der Waals surface area contributed by atoms with E-state index in [1.54, 1.807) is 11.2 Å². The molecule has 3 aromatic rings. The van der Waals surface area contributed by atoms with Gasteiger partial charge in [0.15, 0.2) is 0 Å². The Labute approximate surface area is 197 Å². The van der Waals surface area contributed by atoms with Crippen molar-refractivity contribution in [2.75, 3.05) is 18.8 Å². The number of aromatic nitrogens is 1. The molecule has 1 saturated heterocycles. The number of carbonyl (C=O) groups is 3. The van der Waals surface area contributed by atoms with E-state index in [1.165, 1.54) is 5.01 Å². The van der Waals surface area contributed by atoms with Gasteiger partial charge in [-0.2, -0.15) is 0 Å². The van der Waals surface area contributed by atoms with E-state index in [2.05, 4.69) is 10.3 Å². The summed E-state index contributed by atoms with van der Waals surface area (Å²) in [6.07, 6.45) is 3.33. The predicted octanol–water partition coefficient (Wildman–Crippen LogP) is 1.62. The molecule has 0 bridgehead atoms. The summed E-state index contributed by atoms with van der Waals surface area (Å²) in [6, 6.07) is 15.8. The summed E-state index contributed by atoms with van der Waals surface area (Å²) < 4.78 is 0. The first kappa shape index (κ1) is 23.3. The number of hydrogen-bond acceptors (Lipinski definition) is 7. The van der Waals surface area contributed by atoms with Gasteiger partial charge in [-0.05, 0) is 41.5 Å². The van der Waals surface area contributed by atoms with Crippen molar-refractivity contribution >= 4 is 34.8 Å². The van der Waals surface area contributed by atoms with Crippen molar-refractivity contribution in [3.05, 3.63) is 71.9 Å². The zero-order chi connectivity index (χ0) is 24.1. The minimum Gasteiger partial charge on any atom is -0.480 e. The van der Waals surface area contributed by atoms with E-state index in [4.69, 9.17) is 5.73 Å². The molecule has 0 spiro atoms. The number of pyridine rings is 1. The van der Waals surface area contributed by atoms with Crippen LogP contribution < -0.4 is 11.1 Å². The predicted molar refractivity (Wildman–Crippen MR) is 127 cm³/mol. The lowest BCUT2D eigenvalue weighted by Crippen LogP contribution is -2.66. The lowest BCUT2D eigenvalue weighted by molar-refractivity contribution is -0.174. The third-order valence-electron chi connectivity index (χ3n) is 6.08. The average molecular weight is 462 g/mol. The van der Waals surface area contributed by atoms with Crippen molar-refractivity contribution in [2.24, 2.45) is 0 Å². The molecule has 1 aliphatic rings. The Morgan fingerprint density at radius 3 is 2.68 bits per heavy atom. The maximum absolute atomic E-state index is 12.9. The van der Waals surface area contributed by atoms with Crippen LogP contribution in [0, 0.1) is 0 Å². The van der Waals surface area contributed by atoms with Crippen molar-refractivity contribution in [3.8, 4) is 0 Å². The Kier molecular flexibility index (Phi) is 7.15. The fraction of sp³-hybridized carbons (Fsp3) is 0.280. The number of nitrogens with zero attached hydrogens (tertiary/aromatic N) is 3. The van der Waals surface area contributed by atoms with Crippen molar-refractivity contribution in [1.82, 2.24) is 20.3 Å². The van der Waals surface area contributed by atoms with Gasteiger partial charge in [0, 0.05) is 24.7 Å². The number of benzene rings is 2. The van der Waals surface area contributed by atoms with Crippen LogP contribution in [0.15, 0.2) is 60.8 Å². The first-order valence-corrected chi connectivity index (χ1v) is 11.1. The molecule has 176 valence electrons. The molecule has 4 rings (SSSR count). The fourth-order valence-electron chi connectivity index (χ4n) is 4.23. The third kappa shape index (κ3) is 5.22. The Hall–Kier alpha value is -3.82.